The highest BCUT2D eigenvalue weighted by Gasteiger charge is 2.10. The van der Waals surface area contributed by atoms with Crippen LogP contribution in [0.2, 0.25) is 0 Å². The predicted octanol–water partition coefficient (Wildman–Crippen LogP) is 2.13. The number of carbonyl (C=O) groups is 1. The van der Waals surface area contributed by atoms with E-state index in [0.717, 1.165) is 6.54 Å². The molecular formula is C12H12BrFN4O. The SMILES string of the molecule is CCn1cnnc1CNC(=O)c1ccc(F)c(Br)c1. The first kappa shape index (κ1) is 13.7. The summed E-state index contributed by atoms with van der Waals surface area (Å²) >= 11 is 3.05. The van der Waals surface area contributed by atoms with E-state index in [9.17, 15) is 9.18 Å². The van der Waals surface area contributed by atoms with Gasteiger partial charge in [0.25, 0.3) is 5.91 Å². The molecule has 0 saturated heterocycles. The van der Waals surface area contributed by atoms with Gasteiger partial charge >= 0.3 is 0 Å². The first-order valence-electron chi connectivity index (χ1n) is 5.71. The van der Waals surface area contributed by atoms with E-state index in [4.69, 9.17) is 0 Å². The van der Waals surface area contributed by atoms with Gasteiger partial charge in [0.15, 0.2) is 5.82 Å². The number of hydrogen-bond acceptors (Lipinski definition) is 3. The van der Waals surface area contributed by atoms with Crippen molar-refractivity contribution < 1.29 is 9.18 Å². The number of carbonyl (C=O) groups excluding carboxylic acids is 1. The summed E-state index contributed by atoms with van der Waals surface area (Å²) in [7, 11) is 0. The molecule has 0 saturated carbocycles. The molecular weight excluding hydrogens is 315 g/mol. The summed E-state index contributed by atoms with van der Waals surface area (Å²) in [6.07, 6.45) is 1.61. The van der Waals surface area contributed by atoms with Crippen LogP contribution < -0.4 is 5.32 Å². The van der Waals surface area contributed by atoms with Gasteiger partial charge in [-0.15, -0.1) is 10.2 Å². The maximum Gasteiger partial charge on any atom is 0.251 e. The van der Waals surface area contributed by atoms with Crippen LogP contribution in [-0.2, 0) is 13.1 Å². The predicted molar refractivity (Wildman–Crippen MR) is 71.0 cm³/mol. The molecule has 0 bridgehead atoms. The molecule has 0 fully saturated rings. The summed E-state index contributed by atoms with van der Waals surface area (Å²) in [6.45, 7) is 2.98. The number of aromatic nitrogens is 3. The Kier molecular flexibility index (Phi) is 4.26. The van der Waals surface area contributed by atoms with Gasteiger partial charge in [-0.25, -0.2) is 4.39 Å². The molecule has 0 aliphatic heterocycles. The van der Waals surface area contributed by atoms with E-state index in [1.54, 1.807) is 6.33 Å². The molecule has 100 valence electrons. The molecule has 0 atom stereocenters. The molecule has 2 rings (SSSR count). The van der Waals surface area contributed by atoms with Crippen molar-refractivity contribution in [1.29, 1.82) is 0 Å². The normalized spacial score (nSPS) is 10.5. The van der Waals surface area contributed by atoms with Crippen LogP contribution in [0.25, 0.3) is 0 Å². The number of halogens is 2. The second kappa shape index (κ2) is 5.92. The molecule has 1 aromatic heterocycles. The summed E-state index contributed by atoms with van der Waals surface area (Å²) < 4.78 is 15.2. The molecule has 1 N–H and O–H groups in total. The van der Waals surface area contributed by atoms with Crippen molar-refractivity contribution in [2.45, 2.75) is 20.0 Å². The Bertz CT molecular complexity index is 599. The maximum absolute atomic E-state index is 13.1. The van der Waals surface area contributed by atoms with Gasteiger partial charge in [0.1, 0.15) is 12.1 Å². The van der Waals surface area contributed by atoms with Crippen LogP contribution in [0.4, 0.5) is 4.39 Å². The summed E-state index contributed by atoms with van der Waals surface area (Å²) in [5.74, 6) is -0.00865. The van der Waals surface area contributed by atoms with Gasteiger partial charge in [0.05, 0.1) is 11.0 Å². The quantitative estimate of drug-likeness (QED) is 0.936. The highest BCUT2D eigenvalue weighted by Crippen LogP contribution is 2.16. The average molecular weight is 327 g/mol. The van der Waals surface area contributed by atoms with Gasteiger partial charge in [0, 0.05) is 12.1 Å². The van der Waals surface area contributed by atoms with Gasteiger partial charge in [-0.3, -0.25) is 4.79 Å². The van der Waals surface area contributed by atoms with Gasteiger partial charge < -0.3 is 9.88 Å². The Morgan fingerprint density at radius 2 is 2.32 bits per heavy atom. The van der Waals surface area contributed by atoms with Crippen LogP contribution in [0.1, 0.15) is 23.1 Å². The highest BCUT2D eigenvalue weighted by molar-refractivity contribution is 9.10. The summed E-state index contributed by atoms with van der Waals surface area (Å²) in [4.78, 5) is 11.9. The fourth-order valence-corrected chi connectivity index (χ4v) is 1.96. The Hall–Kier alpha value is -1.76. The zero-order chi connectivity index (χ0) is 13.8. The first-order chi connectivity index (χ1) is 9.11. The van der Waals surface area contributed by atoms with Gasteiger partial charge in [-0.05, 0) is 41.1 Å². The smallest absolute Gasteiger partial charge is 0.251 e. The number of benzene rings is 1. The fourth-order valence-electron chi connectivity index (χ4n) is 1.58. The number of aryl methyl sites for hydroxylation is 1. The van der Waals surface area contributed by atoms with Crippen LogP contribution in [0.5, 0.6) is 0 Å². The maximum atomic E-state index is 13.1. The molecule has 7 heteroatoms. The lowest BCUT2D eigenvalue weighted by Crippen LogP contribution is -2.24. The molecule has 2 aromatic rings. The zero-order valence-corrected chi connectivity index (χ0v) is 11.8. The number of nitrogens with one attached hydrogen (secondary N) is 1. The number of hydrogen-bond donors (Lipinski definition) is 1. The number of nitrogens with zero attached hydrogens (tertiary/aromatic N) is 3. The minimum atomic E-state index is -0.401. The Morgan fingerprint density at radius 3 is 3.00 bits per heavy atom. The number of rotatable bonds is 4. The molecule has 5 nitrogen and oxygen atoms in total. The van der Waals surface area contributed by atoms with Crippen molar-refractivity contribution >= 4 is 21.8 Å². The van der Waals surface area contributed by atoms with E-state index in [0.29, 0.717) is 11.4 Å². The van der Waals surface area contributed by atoms with Crippen LogP contribution >= 0.6 is 15.9 Å². The first-order valence-corrected chi connectivity index (χ1v) is 6.51. The topological polar surface area (TPSA) is 59.8 Å². The summed E-state index contributed by atoms with van der Waals surface area (Å²) in [5, 5.41) is 10.4. The van der Waals surface area contributed by atoms with E-state index < -0.39 is 5.82 Å². The van der Waals surface area contributed by atoms with Crippen molar-refractivity contribution in [3.8, 4) is 0 Å². The van der Waals surface area contributed by atoms with E-state index in [1.807, 2.05) is 11.5 Å². The third-order valence-electron chi connectivity index (χ3n) is 2.63. The Morgan fingerprint density at radius 1 is 1.53 bits per heavy atom. The average Bonchev–Trinajstić information content (AvgIpc) is 2.86. The summed E-state index contributed by atoms with van der Waals surface area (Å²) in [5.41, 5.74) is 0.385. The molecule has 0 aliphatic rings. The minimum absolute atomic E-state index is 0.261. The lowest BCUT2D eigenvalue weighted by atomic mass is 10.2. The van der Waals surface area contributed by atoms with Crippen molar-refractivity contribution in [2.75, 3.05) is 0 Å². The van der Waals surface area contributed by atoms with Gasteiger partial charge in [-0.1, -0.05) is 0 Å². The second-order valence-electron chi connectivity index (χ2n) is 3.84. The van der Waals surface area contributed by atoms with Crippen molar-refractivity contribution in [1.82, 2.24) is 20.1 Å². The van der Waals surface area contributed by atoms with E-state index in [-0.39, 0.29) is 16.9 Å². The van der Waals surface area contributed by atoms with Crippen molar-refractivity contribution in [3.05, 3.63) is 46.2 Å². The van der Waals surface area contributed by atoms with Crippen LogP contribution in [-0.4, -0.2) is 20.7 Å². The van der Waals surface area contributed by atoms with E-state index in [1.165, 1.54) is 18.2 Å². The molecule has 0 radical (unpaired) electrons. The molecule has 1 heterocycles. The standard InChI is InChI=1S/C12H12BrFN4O/c1-2-18-7-16-17-11(18)6-15-12(19)8-3-4-10(14)9(13)5-8/h3-5,7H,2,6H2,1H3,(H,15,19). The monoisotopic (exact) mass is 326 g/mol. The molecule has 0 unspecified atom stereocenters. The molecule has 1 amide bonds. The van der Waals surface area contributed by atoms with Crippen LogP contribution in [0.15, 0.2) is 29.0 Å². The molecule has 0 spiro atoms. The Balaban J connectivity index is 2.03. The van der Waals surface area contributed by atoms with Gasteiger partial charge in [0.2, 0.25) is 0 Å². The number of amides is 1. The third kappa shape index (κ3) is 3.17. The van der Waals surface area contributed by atoms with E-state index >= 15 is 0 Å². The third-order valence-corrected chi connectivity index (χ3v) is 3.23. The Labute approximate surface area is 118 Å². The second-order valence-corrected chi connectivity index (χ2v) is 4.70. The van der Waals surface area contributed by atoms with Crippen molar-refractivity contribution in [3.63, 3.8) is 0 Å². The highest BCUT2D eigenvalue weighted by atomic mass is 79.9. The van der Waals surface area contributed by atoms with E-state index in [2.05, 4.69) is 31.4 Å². The lowest BCUT2D eigenvalue weighted by molar-refractivity contribution is 0.0949. The van der Waals surface area contributed by atoms with Crippen molar-refractivity contribution in [2.24, 2.45) is 0 Å². The minimum Gasteiger partial charge on any atom is -0.345 e. The molecule has 1 aromatic carbocycles. The molecule has 19 heavy (non-hydrogen) atoms. The largest absolute Gasteiger partial charge is 0.345 e. The lowest BCUT2D eigenvalue weighted by Gasteiger charge is -2.06. The van der Waals surface area contributed by atoms with Crippen LogP contribution in [0, 0.1) is 5.82 Å². The van der Waals surface area contributed by atoms with Crippen LogP contribution in [0.3, 0.4) is 0 Å². The zero-order valence-electron chi connectivity index (χ0n) is 10.2. The summed E-state index contributed by atoms with van der Waals surface area (Å²) in [6, 6.07) is 4.11. The molecule has 0 aliphatic carbocycles. The fraction of sp³-hybridized carbons (Fsp3) is 0.250. The van der Waals surface area contributed by atoms with Gasteiger partial charge in [-0.2, -0.15) is 0 Å².